The third-order valence-corrected chi connectivity index (χ3v) is 4.28. The summed E-state index contributed by atoms with van der Waals surface area (Å²) in [5, 5.41) is 3.72. The number of furan rings is 1. The Morgan fingerprint density at radius 1 is 0.895 bits per heavy atom. The van der Waals surface area contributed by atoms with Crippen molar-refractivity contribution in [1.29, 1.82) is 0 Å². The predicted molar refractivity (Wildman–Crippen MR) is 80.1 cm³/mol. The molecule has 2 heteroatoms. The summed E-state index contributed by atoms with van der Waals surface area (Å²) in [6, 6.07) is 2.76. The SMILES string of the molecule is c1cc(CNC2CCCCCCCCCCC2)co1. The van der Waals surface area contributed by atoms with E-state index in [1.165, 1.54) is 76.2 Å². The summed E-state index contributed by atoms with van der Waals surface area (Å²) in [4.78, 5) is 0. The van der Waals surface area contributed by atoms with Gasteiger partial charge >= 0.3 is 0 Å². The van der Waals surface area contributed by atoms with Gasteiger partial charge in [-0.2, -0.15) is 0 Å². The molecule has 0 radical (unpaired) electrons. The molecule has 0 spiro atoms. The first-order valence-corrected chi connectivity index (χ1v) is 8.19. The molecular formula is C17H29NO. The van der Waals surface area contributed by atoms with Gasteiger partial charge < -0.3 is 9.73 Å². The van der Waals surface area contributed by atoms with E-state index in [2.05, 4.69) is 11.4 Å². The number of hydrogen-bond acceptors (Lipinski definition) is 2. The van der Waals surface area contributed by atoms with Crippen LogP contribution in [0, 0.1) is 0 Å². The minimum Gasteiger partial charge on any atom is -0.472 e. The molecule has 1 aromatic heterocycles. The molecule has 2 nitrogen and oxygen atoms in total. The second kappa shape index (κ2) is 9.19. The van der Waals surface area contributed by atoms with Crippen LogP contribution in [0.3, 0.4) is 0 Å². The van der Waals surface area contributed by atoms with Crippen LogP contribution in [-0.2, 0) is 6.54 Å². The van der Waals surface area contributed by atoms with Gasteiger partial charge in [0.25, 0.3) is 0 Å². The molecule has 1 aliphatic carbocycles. The molecule has 0 bridgehead atoms. The molecule has 0 saturated heterocycles. The van der Waals surface area contributed by atoms with Gasteiger partial charge in [0.15, 0.2) is 0 Å². The molecule has 0 aliphatic heterocycles. The molecule has 0 unspecified atom stereocenters. The number of rotatable bonds is 3. The van der Waals surface area contributed by atoms with Crippen LogP contribution in [0.15, 0.2) is 23.0 Å². The van der Waals surface area contributed by atoms with E-state index in [1.54, 1.807) is 6.26 Å². The molecule has 0 atom stereocenters. The lowest BCUT2D eigenvalue weighted by Crippen LogP contribution is -2.28. The van der Waals surface area contributed by atoms with E-state index in [-0.39, 0.29) is 0 Å². The Bertz CT molecular complexity index is 295. The summed E-state index contributed by atoms with van der Waals surface area (Å²) in [6.45, 7) is 0.959. The topological polar surface area (TPSA) is 25.2 Å². The summed E-state index contributed by atoms with van der Waals surface area (Å²) in [5.41, 5.74) is 1.27. The molecule has 0 aromatic carbocycles. The van der Waals surface area contributed by atoms with Crippen molar-refractivity contribution >= 4 is 0 Å². The average molecular weight is 263 g/mol. The molecule has 1 fully saturated rings. The maximum absolute atomic E-state index is 5.13. The van der Waals surface area contributed by atoms with Crippen LogP contribution in [0.1, 0.15) is 76.2 Å². The predicted octanol–water partition coefficient (Wildman–Crippen LogP) is 5.04. The number of nitrogens with one attached hydrogen (secondary N) is 1. The Balaban J connectivity index is 1.71. The Kier molecular flexibility index (Phi) is 7.09. The molecule has 1 aliphatic rings. The summed E-state index contributed by atoms with van der Waals surface area (Å²) < 4.78 is 5.13. The largest absolute Gasteiger partial charge is 0.472 e. The fourth-order valence-electron chi connectivity index (χ4n) is 3.02. The van der Waals surface area contributed by atoms with E-state index < -0.39 is 0 Å². The molecule has 108 valence electrons. The van der Waals surface area contributed by atoms with Crippen molar-refractivity contribution < 1.29 is 4.42 Å². The van der Waals surface area contributed by atoms with Gasteiger partial charge in [0.1, 0.15) is 0 Å². The first-order chi connectivity index (χ1) is 9.45. The maximum Gasteiger partial charge on any atom is 0.0947 e. The van der Waals surface area contributed by atoms with E-state index in [0.29, 0.717) is 6.04 Å². The monoisotopic (exact) mass is 263 g/mol. The Morgan fingerprint density at radius 2 is 1.47 bits per heavy atom. The van der Waals surface area contributed by atoms with Gasteiger partial charge in [-0.25, -0.2) is 0 Å². The highest BCUT2D eigenvalue weighted by atomic mass is 16.3. The third-order valence-electron chi connectivity index (χ3n) is 4.28. The van der Waals surface area contributed by atoms with Crippen molar-refractivity contribution in [2.75, 3.05) is 0 Å². The Morgan fingerprint density at radius 3 is 2.00 bits per heavy atom. The van der Waals surface area contributed by atoms with Gasteiger partial charge in [0, 0.05) is 18.2 Å². The van der Waals surface area contributed by atoms with Crippen LogP contribution >= 0.6 is 0 Å². The van der Waals surface area contributed by atoms with Crippen LogP contribution in [0.5, 0.6) is 0 Å². The maximum atomic E-state index is 5.13. The smallest absolute Gasteiger partial charge is 0.0947 e. The second-order valence-corrected chi connectivity index (χ2v) is 5.97. The van der Waals surface area contributed by atoms with E-state index in [0.717, 1.165) is 6.54 Å². The number of hydrogen-bond donors (Lipinski definition) is 1. The highest BCUT2D eigenvalue weighted by Gasteiger charge is 2.09. The molecule has 2 rings (SSSR count). The zero-order valence-corrected chi connectivity index (χ0v) is 12.2. The molecule has 1 saturated carbocycles. The normalized spacial score (nSPS) is 20.6. The minimum atomic E-state index is 0.703. The van der Waals surface area contributed by atoms with Gasteiger partial charge in [-0.1, -0.05) is 57.8 Å². The average Bonchev–Trinajstić information content (AvgIpc) is 2.91. The first kappa shape index (κ1) is 14.6. The van der Waals surface area contributed by atoms with E-state index in [1.807, 2.05) is 6.26 Å². The third kappa shape index (κ3) is 6.29. The van der Waals surface area contributed by atoms with Crippen LogP contribution in [0.2, 0.25) is 0 Å². The van der Waals surface area contributed by atoms with E-state index in [4.69, 9.17) is 4.42 Å². The van der Waals surface area contributed by atoms with E-state index >= 15 is 0 Å². The van der Waals surface area contributed by atoms with Gasteiger partial charge in [-0.05, 0) is 18.9 Å². The molecular weight excluding hydrogens is 234 g/mol. The van der Waals surface area contributed by atoms with E-state index in [9.17, 15) is 0 Å². The quantitative estimate of drug-likeness (QED) is 0.826. The standard InChI is InChI=1S/C17H29NO/c1-2-4-6-8-10-17(11-9-7-5-3-1)18-14-16-12-13-19-15-16/h12-13,15,17-18H,1-11,14H2. The fraction of sp³-hybridized carbons (Fsp3) is 0.765. The molecule has 1 aromatic rings. The van der Waals surface area contributed by atoms with Crippen molar-refractivity contribution in [2.24, 2.45) is 0 Å². The first-order valence-electron chi connectivity index (χ1n) is 8.19. The van der Waals surface area contributed by atoms with Crippen molar-refractivity contribution in [3.05, 3.63) is 24.2 Å². The van der Waals surface area contributed by atoms with Crippen molar-refractivity contribution in [1.82, 2.24) is 5.32 Å². The zero-order valence-electron chi connectivity index (χ0n) is 12.2. The van der Waals surface area contributed by atoms with Gasteiger partial charge in [0.05, 0.1) is 12.5 Å². The molecule has 1 N–H and O–H groups in total. The summed E-state index contributed by atoms with van der Waals surface area (Å²) in [7, 11) is 0. The van der Waals surface area contributed by atoms with Crippen LogP contribution in [-0.4, -0.2) is 6.04 Å². The Labute approximate surface area is 118 Å². The minimum absolute atomic E-state index is 0.703. The fourth-order valence-corrected chi connectivity index (χ4v) is 3.02. The highest BCUT2D eigenvalue weighted by Crippen LogP contribution is 2.17. The summed E-state index contributed by atoms with van der Waals surface area (Å²) in [6.07, 6.45) is 19.2. The molecule has 19 heavy (non-hydrogen) atoms. The van der Waals surface area contributed by atoms with Crippen LogP contribution in [0.25, 0.3) is 0 Å². The summed E-state index contributed by atoms with van der Waals surface area (Å²) in [5.74, 6) is 0. The second-order valence-electron chi connectivity index (χ2n) is 5.97. The van der Waals surface area contributed by atoms with Crippen LogP contribution < -0.4 is 5.32 Å². The Hall–Kier alpha value is -0.760. The van der Waals surface area contributed by atoms with Gasteiger partial charge in [0.2, 0.25) is 0 Å². The molecule has 0 amide bonds. The zero-order chi connectivity index (χ0) is 13.2. The van der Waals surface area contributed by atoms with Crippen molar-refractivity contribution in [3.63, 3.8) is 0 Å². The van der Waals surface area contributed by atoms with Crippen molar-refractivity contribution in [2.45, 2.75) is 83.2 Å². The molecule has 1 heterocycles. The lowest BCUT2D eigenvalue weighted by Gasteiger charge is -2.19. The summed E-state index contributed by atoms with van der Waals surface area (Å²) >= 11 is 0. The van der Waals surface area contributed by atoms with Gasteiger partial charge in [-0.3, -0.25) is 0 Å². The lowest BCUT2D eigenvalue weighted by atomic mass is 9.98. The van der Waals surface area contributed by atoms with Crippen LogP contribution in [0.4, 0.5) is 0 Å². The highest BCUT2D eigenvalue weighted by molar-refractivity contribution is 5.04. The van der Waals surface area contributed by atoms with Crippen molar-refractivity contribution in [3.8, 4) is 0 Å². The van der Waals surface area contributed by atoms with Gasteiger partial charge in [-0.15, -0.1) is 0 Å². The lowest BCUT2D eigenvalue weighted by molar-refractivity contribution is 0.402.